The minimum Gasteiger partial charge on any atom is -0.465 e. The Balaban J connectivity index is 2.72. The largest absolute Gasteiger partial charge is 0.465 e. The molecular weight excluding hydrogens is 278 g/mol. The lowest BCUT2D eigenvalue weighted by Gasteiger charge is -2.17. The van der Waals surface area contributed by atoms with Crippen LogP contribution in [0.1, 0.15) is 25.5 Å². The first kappa shape index (κ1) is 16.7. The lowest BCUT2D eigenvalue weighted by molar-refractivity contribution is -0.145. The molecule has 0 aliphatic carbocycles. The topological polar surface area (TPSA) is 72.5 Å². The highest BCUT2D eigenvalue weighted by atomic mass is 32.2. The van der Waals surface area contributed by atoms with Crippen LogP contribution < -0.4 is 5.32 Å². The number of ether oxygens (including phenoxy) is 1. The van der Waals surface area contributed by atoms with Crippen molar-refractivity contribution in [3.05, 3.63) is 35.9 Å². The van der Waals surface area contributed by atoms with Crippen LogP contribution >= 0.6 is 0 Å². The van der Waals surface area contributed by atoms with Gasteiger partial charge in [0.2, 0.25) is 0 Å². The first-order valence-corrected chi connectivity index (χ1v) is 8.47. The number of carbonyl (C=O) groups is 1. The molecule has 5 nitrogen and oxygen atoms in total. The summed E-state index contributed by atoms with van der Waals surface area (Å²) in [5.74, 6) is -0.288. The van der Waals surface area contributed by atoms with Crippen molar-refractivity contribution in [2.45, 2.75) is 19.9 Å². The second-order valence-corrected chi connectivity index (χ2v) is 6.76. The van der Waals surface area contributed by atoms with E-state index in [1.807, 2.05) is 30.3 Å². The number of esters is 1. The standard InChI is InChI=1S/C14H21NO4S/c1-3-19-14(16)13(12-8-6-5-7-9-12)15-10-11-20(17,18)4-2/h5-9,13,15H,3-4,10-11H2,1-2H3. The summed E-state index contributed by atoms with van der Waals surface area (Å²) in [4.78, 5) is 11.9. The van der Waals surface area contributed by atoms with Gasteiger partial charge in [0.25, 0.3) is 0 Å². The predicted octanol–water partition coefficient (Wildman–Crippen LogP) is 1.32. The highest BCUT2D eigenvalue weighted by Gasteiger charge is 2.21. The number of nitrogens with one attached hydrogen (secondary N) is 1. The molecule has 0 radical (unpaired) electrons. The lowest BCUT2D eigenvalue weighted by Crippen LogP contribution is -2.33. The van der Waals surface area contributed by atoms with Crippen LogP contribution in [-0.2, 0) is 19.4 Å². The summed E-state index contributed by atoms with van der Waals surface area (Å²) in [6, 6.07) is 8.49. The van der Waals surface area contributed by atoms with Crippen molar-refractivity contribution in [3.8, 4) is 0 Å². The van der Waals surface area contributed by atoms with Crippen molar-refractivity contribution in [2.75, 3.05) is 24.7 Å². The molecule has 0 fully saturated rings. The van der Waals surface area contributed by atoms with Crippen molar-refractivity contribution in [1.29, 1.82) is 0 Å². The molecule has 0 aliphatic rings. The third kappa shape index (κ3) is 5.30. The zero-order valence-electron chi connectivity index (χ0n) is 11.8. The van der Waals surface area contributed by atoms with Crippen molar-refractivity contribution in [3.63, 3.8) is 0 Å². The van der Waals surface area contributed by atoms with Gasteiger partial charge in [-0.3, -0.25) is 5.32 Å². The molecule has 0 saturated carbocycles. The van der Waals surface area contributed by atoms with Gasteiger partial charge in [-0.15, -0.1) is 0 Å². The molecule has 1 unspecified atom stereocenters. The monoisotopic (exact) mass is 299 g/mol. The van der Waals surface area contributed by atoms with E-state index in [1.165, 1.54) is 0 Å². The zero-order chi connectivity index (χ0) is 15.0. The Kier molecular flexibility index (Phi) is 6.67. The van der Waals surface area contributed by atoms with E-state index in [0.717, 1.165) is 5.56 Å². The zero-order valence-corrected chi connectivity index (χ0v) is 12.7. The van der Waals surface area contributed by atoms with E-state index in [2.05, 4.69) is 5.32 Å². The Hall–Kier alpha value is -1.40. The highest BCUT2D eigenvalue weighted by molar-refractivity contribution is 7.91. The molecule has 6 heteroatoms. The van der Waals surface area contributed by atoms with Crippen LogP contribution in [0.2, 0.25) is 0 Å². The highest BCUT2D eigenvalue weighted by Crippen LogP contribution is 2.14. The molecule has 0 spiro atoms. The molecule has 1 atom stereocenters. The molecule has 0 heterocycles. The fourth-order valence-electron chi connectivity index (χ4n) is 1.71. The average molecular weight is 299 g/mol. The van der Waals surface area contributed by atoms with E-state index in [0.29, 0.717) is 0 Å². The molecule has 0 aliphatic heterocycles. The number of benzene rings is 1. The lowest BCUT2D eigenvalue weighted by atomic mass is 10.1. The predicted molar refractivity (Wildman–Crippen MR) is 78.1 cm³/mol. The molecule has 0 bridgehead atoms. The summed E-state index contributed by atoms with van der Waals surface area (Å²) in [5.41, 5.74) is 0.764. The summed E-state index contributed by atoms with van der Waals surface area (Å²) in [6.07, 6.45) is 0. The number of rotatable bonds is 8. The van der Waals surface area contributed by atoms with Crippen LogP contribution in [-0.4, -0.2) is 39.0 Å². The van der Waals surface area contributed by atoms with Crippen LogP contribution in [0.15, 0.2) is 30.3 Å². The van der Waals surface area contributed by atoms with Gasteiger partial charge in [0.1, 0.15) is 6.04 Å². The van der Waals surface area contributed by atoms with Crippen LogP contribution in [0, 0.1) is 0 Å². The van der Waals surface area contributed by atoms with E-state index < -0.39 is 21.8 Å². The van der Waals surface area contributed by atoms with Gasteiger partial charge in [0.05, 0.1) is 12.4 Å². The summed E-state index contributed by atoms with van der Waals surface area (Å²) in [6.45, 7) is 3.85. The van der Waals surface area contributed by atoms with Gasteiger partial charge in [-0.25, -0.2) is 13.2 Å². The van der Waals surface area contributed by atoms with Crippen LogP contribution in [0.3, 0.4) is 0 Å². The molecule has 1 aromatic carbocycles. The van der Waals surface area contributed by atoms with Gasteiger partial charge in [-0.1, -0.05) is 37.3 Å². The SMILES string of the molecule is CCOC(=O)C(NCCS(=O)(=O)CC)c1ccccc1. The van der Waals surface area contributed by atoms with Crippen molar-refractivity contribution < 1.29 is 17.9 Å². The molecule has 0 saturated heterocycles. The fraction of sp³-hybridized carbons (Fsp3) is 0.500. The summed E-state index contributed by atoms with van der Waals surface area (Å²) < 4.78 is 27.9. The third-order valence-electron chi connectivity index (χ3n) is 2.86. The Bertz CT molecular complexity index is 513. The molecule has 0 aromatic heterocycles. The molecule has 1 rings (SSSR count). The summed E-state index contributed by atoms with van der Waals surface area (Å²) in [7, 11) is -3.05. The molecule has 1 aromatic rings. The molecular formula is C14H21NO4S. The van der Waals surface area contributed by atoms with E-state index >= 15 is 0 Å². The second kappa shape index (κ2) is 8.01. The van der Waals surface area contributed by atoms with Gasteiger partial charge in [-0.2, -0.15) is 0 Å². The maximum absolute atomic E-state index is 11.9. The maximum Gasteiger partial charge on any atom is 0.327 e. The van der Waals surface area contributed by atoms with Crippen molar-refractivity contribution in [1.82, 2.24) is 5.32 Å². The quantitative estimate of drug-likeness (QED) is 0.733. The van der Waals surface area contributed by atoms with E-state index in [-0.39, 0.29) is 24.7 Å². The normalized spacial score (nSPS) is 12.9. The van der Waals surface area contributed by atoms with Gasteiger partial charge < -0.3 is 4.74 Å². The first-order chi connectivity index (χ1) is 9.50. The van der Waals surface area contributed by atoms with Gasteiger partial charge in [-0.05, 0) is 12.5 Å². The molecule has 20 heavy (non-hydrogen) atoms. The Morgan fingerprint density at radius 2 is 1.90 bits per heavy atom. The minimum absolute atomic E-state index is 0.00619. The smallest absolute Gasteiger partial charge is 0.327 e. The number of hydrogen-bond donors (Lipinski definition) is 1. The number of hydrogen-bond acceptors (Lipinski definition) is 5. The Morgan fingerprint density at radius 3 is 2.45 bits per heavy atom. The second-order valence-electron chi connectivity index (χ2n) is 4.29. The Labute approximate surface area is 120 Å². The number of sulfone groups is 1. The van der Waals surface area contributed by atoms with E-state index in [9.17, 15) is 13.2 Å². The van der Waals surface area contributed by atoms with Crippen molar-refractivity contribution >= 4 is 15.8 Å². The van der Waals surface area contributed by atoms with Crippen LogP contribution in [0.5, 0.6) is 0 Å². The minimum atomic E-state index is -3.05. The summed E-state index contributed by atoms with van der Waals surface area (Å²) >= 11 is 0. The van der Waals surface area contributed by atoms with Gasteiger partial charge in [0.15, 0.2) is 9.84 Å². The molecule has 0 amide bonds. The summed E-state index contributed by atoms with van der Waals surface area (Å²) in [5, 5.41) is 2.96. The molecule has 1 N–H and O–H groups in total. The Morgan fingerprint density at radius 1 is 1.25 bits per heavy atom. The number of carbonyl (C=O) groups excluding carboxylic acids is 1. The average Bonchev–Trinajstić information content (AvgIpc) is 2.44. The van der Waals surface area contributed by atoms with Crippen LogP contribution in [0.25, 0.3) is 0 Å². The maximum atomic E-state index is 11.9. The van der Waals surface area contributed by atoms with Crippen LogP contribution in [0.4, 0.5) is 0 Å². The van der Waals surface area contributed by atoms with Gasteiger partial charge >= 0.3 is 5.97 Å². The van der Waals surface area contributed by atoms with Crippen molar-refractivity contribution in [2.24, 2.45) is 0 Å². The molecule has 112 valence electrons. The van der Waals surface area contributed by atoms with Gasteiger partial charge in [0, 0.05) is 12.3 Å². The van der Waals surface area contributed by atoms with E-state index in [1.54, 1.807) is 13.8 Å². The fourth-order valence-corrected chi connectivity index (χ4v) is 2.43. The first-order valence-electron chi connectivity index (χ1n) is 6.65. The third-order valence-corrected chi connectivity index (χ3v) is 4.56. The van der Waals surface area contributed by atoms with E-state index in [4.69, 9.17) is 4.74 Å².